The molecule has 7 nitrogen and oxygen atoms in total. The lowest BCUT2D eigenvalue weighted by Gasteiger charge is -2.28. The summed E-state index contributed by atoms with van der Waals surface area (Å²) >= 11 is 0. The fourth-order valence-corrected chi connectivity index (χ4v) is 2.92. The molecular formula is C9H14N4O3S. The van der Waals surface area contributed by atoms with Crippen molar-refractivity contribution in [3.8, 4) is 5.75 Å². The molecule has 2 N–H and O–H groups in total. The Morgan fingerprint density at radius 3 is 2.59 bits per heavy atom. The predicted molar refractivity (Wildman–Crippen MR) is 63.9 cm³/mol. The van der Waals surface area contributed by atoms with Gasteiger partial charge in [-0.2, -0.15) is 0 Å². The van der Waals surface area contributed by atoms with Gasteiger partial charge in [0.1, 0.15) is 6.33 Å². The normalized spacial score (nSPS) is 19.0. The van der Waals surface area contributed by atoms with Crippen LogP contribution in [0, 0.1) is 0 Å². The van der Waals surface area contributed by atoms with Crippen LogP contribution in [0.15, 0.2) is 6.33 Å². The third-order valence-corrected chi connectivity index (χ3v) is 4.27. The van der Waals surface area contributed by atoms with E-state index in [9.17, 15) is 8.42 Å². The van der Waals surface area contributed by atoms with Crippen molar-refractivity contribution >= 4 is 21.5 Å². The summed E-state index contributed by atoms with van der Waals surface area (Å²) < 4.78 is 27.8. The quantitative estimate of drug-likeness (QED) is 0.749. The van der Waals surface area contributed by atoms with Crippen LogP contribution in [-0.4, -0.2) is 50.1 Å². The number of anilines is 2. The van der Waals surface area contributed by atoms with Crippen LogP contribution in [0.25, 0.3) is 0 Å². The van der Waals surface area contributed by atoms with Gasteiger partial charge in [0.2, 0.25) is 5.75 Å². The molecule has 0 atom stereocenters. The molecule has 0 radical (unpaired) electrons. The van der Waals surface area contributed by atoms with Gasteiger partial charge < -0.3 is 15.4 Å². The van der Waals surface area contributed by atoms with Gasteiger partial charge in [0, 0.05) is 13.1 Å². The van der Waals surface area contributed by atoms with E-state index < -0.39 is 9.84 Å². The summed E-state index contributed by atoms with van der Waals surface area (Å²) in [4.78, 5) is 9.77. The average Bonchev–Trinajstić information content (AvgIpc) is 2.29. The van der Waals surface area contributed by atoms with Crippen LogP contribution in [0.5, 0.6) is 5.75 Å². The molecule has 1 aliphatic heterocycles. The average molecular weight is 258 g/mol. The molecule has 0 unspecified atom stereocenters. The maximum Gasteiger partial charge on any atom is 0.204 e. The Hall–Kier alpha value is -1.57. The molecule has 1 aromatic heterocycles. The lowest BCUT2D eigenvalue weighted by molar-refractivity contribution is 0.413. The second kappa shape index (κ2) is 4.36. The molecule has 0 aromatic carbocycles. The number of hydrogen-bond acceptors (Lipinski definition) is 7. The molecule has 1 saturated heterocycles. The smallest absolute Gasteiger partial charge is 0.204 e. The van der Waals surface area contributed by atoms with Gasteiger partial charge in [-0.3, -0.25) is 0 Å². The molecule has 0 saturated carbocycles. The van der Waals surface area contributed by atoms with Crippen molar-refractivity contribution in [2.45, 2.75) is 0 Å². The van der Waals surface area contributed by atoms with E-state index in [1.54, 1.807) is 0 Å². The molecular weight excluding hydrogens is 244 g/mol. The zero-order valence-corrected chi connectivity index (χ0v) is 10.3. The van der Waals surface area contributed by atoms with E-state index in [0.717, 1.165) is 0 Å². The molecule has 2 heterocycles. The van der Waals surface area contributed by atoms with E-state index in [0.29, 0.717) is 24.7 Å². The number of nitrogens with zero attached hydrogens (tertiary/aromatic N) is 3. The van der Waals surface area contributed by atoms with Crippen molar-refractivity contribution in [1.29, 1.82) is 0 Å². The summed E-state index contributed by atoms with van der Waals surface area (Å²) in [7, 11) is -1.43. The lowest BCUT2D eigenvalue weighted by Crippen LogP contribution is -2.41. The highest BCUT2D eigenvalue weighted by Gasteiger charge is 2.25. The Kier molecular flexibility index (Phi) is 3.05. The zero-order chi connectivity index (χ0) is 12.5. The SMILES string of the molecule is COc1c(N)ncnc1N1CCS(=O)(=O)CC1. The van der Waals surface area contributed by atoms with Gasteiger partial charge >= 0.3 is 0 Å². The Bertz CT molecular complexity index is 503. The zero-order valence-electron chi connectivity index (χ0n) is 9.46. The van der Waals surface area contributed by atoms with Crippen molar-refractivity contribution < 1.29 is 13.2 Å². The van der Waals surface area contributed by atoms with E-state index in [1.807, 2.05) is 4.90 Å². The molecule has 1 aliphatic rings. The summed E-state index contributed by atoms with van der Waals surface area (Å²) in [6.45, 7) is 0.796. The van der Waals surface area contributed by atoms with Crippen molar-refractivity contribution in [2.75, 3.05) is 42.3 Å². The summed E-state index contributed by atoms with van der Waals surface area (Å²) in [6, 6.07) is 0. The highest BCUT2D eigenvalue weighted by molar-refractivity contribution is 7.91. The van der Waals surface area contributed by atoms with E-state index in [1.165, 1.54) is 13.4 Å². The van der Waals surface area contributed by atoms with Crippen LogP contribution in [0.2, 0.25) is 0 Å². The van der Waals surface area contributed by atoms with Crippen LogP contribution in [-0.2, 0) is 9.84 Å². The first kappa shape index (κ1) is 11.9. The van der Waals surface area contributed by atoms with Gasteiger partial charge in [0.05, 0.1) is 18.6 Å². The van der Waals surface area contributed by atoms with Gasteiger partial charge in [-0.1, -0.05) is 0 Å². The minimum absolute atomic E-state index is 0.125. The number of rotatable bonds is 2. The number of nitrogens with two attached hydrogens (primary N) is 1. The second-order valence-electron chi connectivity index (χ2n) is 3.75. The van der Waals surface area contributed by atoms with Crippen molar-refractivity contribution in [3.63, 3.8) is 0 Å². The standard InChI is InChI=1S/C9H14N4O3S/c1-16-7-8(10)11-6-12-9(7)13-2-4-17(14,15)5-3-13/h6H,2-5H2,1H3,(H2,10,11,12). The fourth-order valence-electron chi connectivity index (χ4n) is 1.72. The second-order valence-corrected chi connectivity index (χ2v) is 6.06. The minimum atomic E-state index is -2.91. The molecule has 94 valence electrons. The Morgan fingerprint density at radius 1 is 1.35 bits per heavy atom. The van der Waals surface area contributed by atoms with Crippen LogP contribution in [0.1, 0.15) is 0 Å². The molecule has 17 heavy (non-hydrogen) atoms. The van der Waals surface area contributed by atoms with Crippen LogP contribution < -0.4 is 15.4 Å². The van der Waals surface area contributed by atoms with E-state index in [4.69, 9.17) is 10.5 Å². The van der Waals surface area contributed by atoms with Crippen LogP contribution in [0.3, 0.4) is 0 Å². The van der Waals surface area contributed by atoms with Gasteiger partial charge in [0.25, 0.3) is 0 Å². The largest absolute Gasteiger partial charge is 0.490 e. The monoisotopic (exact) mass is 258 g/mol. The number of ether oxygens (including phenoxy) is 1. The van der Waals surface area contributed by atoms with Gasteiger partial charge in [-0.15, -0.1) is 0 Å². The minimum Gasteiger partial charge on any atom is -0.490 e. The van der Waals surface area contributed by atoms with E-state index in [2.05, 4.69) is 9.97 Å². The third kappa shape index (κ3) is 2.41. The molecule has 0 bridgehead atoms. The van der Waals surface area contributed by atoms with Gasteiger partial charge in [-0.05, 0) is 0 Å². The maximum absolute atomic E-state index is 11.3. The molecule has 0 spiro atoms. The summed E-state index contributed by atoms with van der Waals surface area (Å²) in [5.41, 5.74) is 5.67. The number of methoxy groups -OCH3 is 1. The van der Waals surface area contributed by atoms with Crippen LogP contribution >= 0.6 is 0 Å². The predicted octanol–water partition coefficient (Wildman–Crippen LogP) is -0.698. The molecule has 1 aromatic rings. The molecule has 8 heteroatoms. The van der Waals surface area contributed by atoms with E-state index >= 15 is 0 Å². The van der Waals surface area contributed by atoms with Gasteiger partial charge in [0.15, 0.2) is 21.5 Å². The maximum atomic E-state index is 11.3. The molecule has 1 fully saturated rings. The summed E-state index contributed by atoms with van der Waals surface area (Å²) in [5.74, 6) is 1.45. The van der Waals surface area contributed by atoms with E-state index in [-0.39, 0.29) is 17.3 Å². The fraction of sp³-hybridized carbons (Fsp3) is 0.556. The van der Waals surface area contributed by atoms with Crippen molar-refractivity contribution in [2.24, 2.45) is 0 Å². The van der Waals surface area contributed by atoms with Gasteiger partial charge in [-0.25, -0.2) is 18.4 Å². The molecule has 2 rings (SSSR count). The first-order valence-corrected chi connectivity index (χ1v) is 6.95. The first-order chi connectivity index (χ1) is 8.03. The number of nitrogen functional groups attached to an aromatic ring is 1. The number of sulfone groups is 1. The molecule has 0 amide bonds. The first-order valence-electron chi connectivity index (χ1n) is 5.13. The Balaban J connectivity index is 2.27. The number of aromatic nitrogens is 2. The number of hydrogen-bond donors (Lipinski definition) is 1. The highest BCUT2D eigenvalue weighted by atomic mass is 32.2. The topological polar surface area (TPSA) is 98.4 Å². The van der Waals surface area contributed by atoms with Crippen molar-refractivity contribution in [3.05, 3.63) is 6.33 Å². The third-order valence-electron chi connectivity index (χ3n) is 2.66. The highest BCUT2D eigenvalue weighted by Crippen LogP contribution is 2.30. The Labute approximate surface area is 99.5 Å². The lowest BCUT2D eigenvalue weighted by atomic mass is 10.4. The summed E-state index contributed by atoms with van der Waals surface area (Å²) in [5, 5.41) is 0. The molecule has 0 aliphatic carbocycles. The van der Waals surface area contributed by atoms with Crippen LogP contribution in [0.4, 0.5) is 11.6 Å². The Morgan fingerprint density at radius 2 is 2.00 bits per heavy atom. The summed E-state index contributed by atoms with van der Waals surface area (Å²) in [6.07, 6.45) is 1.34. The van der Waals surface area contributed by atoms with Crippen molar-refractivity contribution in [1.82, 2.24) is 9.97 Å².